The van der Waals surface area contributed by atoms with E-state index in [9.17, 15) is 14.4 Å². The molecule has 174 valence electrons. The van der Waals surface area contributed by atoms with Gasteiger partial charge in [0.25, 0.3) is 5.56 Å². The Balaban J connectivity index is 1.31. The van der Waals surface area contributed by atoms with E-state index in [1.165, 1.54) is 41.5 Å². The fraction of sp³-hybridized carbons (Fsp3) is 0.440. The van der Waals surface area contributed by atoms with Crippen LogP contribution >= 0.6 is 11.3 Å². The topological polar surface area (TPSA) is 93.1 Å². The lowest BCUT2D eigenvalue weighted by atomic mass is 9.95. The molecule has 0 atom stereocenters. The molecular weight excluding hydrogens is 436 g/mol. The number of rotatable bonds is 8. The Hall–Kier alpha value is -3.00. The summed E-state index contributed by atoms with van der Waals surface area (Å²) in [5, 5.41) is 8.38. The van der Waals surface area contributed by atoms with Gasteiger partial charge in [0.15, 0.2) is 0 Å². The number of nitrogens with one attached hydrogen (secondary N) is 2. The van der Waals surface area contributed by atoms with Gasteiger partial charge in [0.1, 0.15) is 4.83 Å². The minimum atomic E-state index is -0.184. The quantitative estimate of drug-likeness (QED) is 0.528. The second kappa shape index (κ2) is 10.7. The van der Waals surface area contributed by atoms with Crippen LogP contribution in [0.4, 0.5) is 0 Å². The zero-order valence-electron chi connectivity index (χ0n) is 18.9. The Bertz CT molecular complexity index is 1180. The first kappa shape index (κ1) is 23.2. The third-order valence-electron chi connectivity index (χ3n) is 6.15. The minimum Gasteiger partial charge on any atom is -0.356 e. The zero-order chi connectivity index (χ0) is 23.2. The Morgan fingerprint density at radius 3 is 2.61 bits per heavy atom. The highest BCUT2D eigenvalue weighted by molar-refractivity contribution is 7.17. The number of carbonyl (C=O) groups is 2. The summed E-state index contributed by atoms with van der Waals surface area (Å²) < 4.78 is 1.49. The molecular formula is C25H30N4O3S. The van der Waals surface area contributed by atoms with Crippen molar-refractivity contribution in [3.8, 4) is 11.1 Å². The molecule has 0 spiro atoms. The number of carbonyl (C=O) groups excluding carboxylic acids is 2. The van der Waals surface area contributed by atoms with E-state index in [4.69, 9.17) is 0 Å². The number of amides is 2. The maximum absolute atomic E-state index is 13.1. The molecule has 2 N–H and O–H groups in total. The lowest BCUT2D eigenvalue weighted by Crippen LogP contribution is -2.38. The van der Waals surface area contributed by atoms with E-state index >= 15 is 0 Å². The van der Waals surface area contributed by atoms with E-state index in [1.54, 1.807) is 0 Å². The number of nitrogens with zero attached hydrogens (tertiary/aromatic N) is 2. The highest BCUT2D eigenvalue weighted by Crippen LogP contribution is 2.30. The van der Waals surface area contributed by atoms with E-state index < -0.39 is 0 Å². The van der Waals surface area contributed by atoms with Crippen LogP contribution in [-0.4, -0.2) is 34.0 Å². The molecule has 0 unspecified atom stereocenters. The van der Waals surface area contributed by atoms with Crippen LogP contribution in [-0.2, 0) is 16.1 Å². The van der Waals surface area contributed by atoms with Crippen molar-refractivity contribution in [3.63, 3.8) is 0 Å². The largest absolute Gasteiger partial charge is 0.356 e. The lowest BCUT2D eigenvalue weighted by Gasteiger charge is -2.22. The van der Waals surface area contributed by atoms with Crippen LogP contribution < -0.4 is 16.2 Å². The number of benzene rings is 1. The summed E-state index contributed by atoms with van der Waals surface area (Å²) >= 11 is 1.44. The van der Waals surface area contributed by atoms with Crippen molar-refractivity contribution < 1.29 is 9.59 Å². The predicted octanol–water partition coefficient (Wildman–Crippen LogP) is 3.78. The van der Waals surface area contributed by atoms with Gasteiger partial charge in [-0.15, -0.1) is 11.3 Å². The van der Waals surface area contributed by atoms with Gasteiger partial charge in [0.05, 0.1) is 11.7 Å². The summed E-state index contributed by atoms with van der Waals surface area (Å²) in [6, 6.07) is 8.33. The first-order valence-corrected chi connectivity index (χ1v) is 12.5. The van der Waals surface area contributed by atoms with E-state index in [1.807, 2.05) is 36.6 Å². The van der Waals surface area contributed by atoms with Crippen LogP contribution in [0.5, 0.6) is 0 Å². The Kier molecular flexibility index (Phi) is 7.54. The summed E-state index contributed by atoms with van der Waals surface area (Å²) in [6.07, 6.45) is 7.59. The molecule has 0 saturated heterocycles. The number of thiophene rings is 1. The molecule has 1 aliphatic carbocycles. The van der Waals surface area contributed by atoms with Crippen molar-refractivity contribution in [3.05, 3.63) is 51.9 Å². The molecule has 0 aliphatic heterocycles. The van der Waals surface area contributed by atoms with E-state index in [-0.39, 0.29) is 42.8 Å². The number of aryl methyl sites for hydroxylation is 2. The molecule has 1 aliphatic rings. The highest BCUT2D eigenvalue weighted by atomic mass is 32.1. The monoisotopic (exact) mass is 466 g/mol. The van der Waals surface area contributed by atoms with Crippen LogP contribution in [0.25, 0.3) is 21.3 Å². The van der Waals surface area contributed by atoms with Gasteiger partial charge in [-0.2, -0.15) is 0 Å². The standard InChI is InChI=1S/C25H30N4O3S/c1-17-7-9-18(10-8-17)20-15-33-24-23(20)25(32)29(16-27-24)14-12-21(30)26-13-11-22(31)28-19-5-3-2-4-6-19/h7-10,15-16,19H,2-6,11-14H2,1H3,(H,26,30)(H,28,31). The maximum atomic E-state index is 13.1. The summed E-state index contributed by atoms with van der Waals surface area (Å²) in [6.45, 7) is 2.56. The smallest absolute Gasteiger partial charge is 0.262 e. The molecule has 1 aromatic carbocycles. The molecule has 4 rings (SSSR count). The van der Waals surface area contributed by atoms with Gasteiger partial charge in [-0.25, -0.2) is 4.98 Å². The molecule has 0 radical (unpaired) electrons. The molecule has 7 nitrogen and oxygen atoms in total. The van der Waals surface area contributed by atoms with Crippen molar-refractivity contribution in [1.82, 2.24) is 20.2 Å². The predicted molar refractivity (Wildman–Crippen MR) is 131 cm³/mol. The normalized spacial score (nSPS) is 14.3. The van der Waals surface area contributed by atoms with Gasteiger partial charge in [-0.05, 0) is 25.3 Å². The summed E-state index contributed by atoms with van der Waals surface area (Å²) in [4.78, 5) is 42.5. The van der Waals surface area contributed by atoms with E-state index in [0.717, 1.165) is 29.5 Å². The lowest BCUT2D eigenvalue weighted by molar-refractivity contribution is -0.122. The Morgan fingerprint density at radius 1 is 1.09 bits per heavy atom. The average molecular weight is 467 g/mol. The average Bonchev–Trinajstić information content (AvgIpc) is 3.25. The van der Waals surface area contributed by atoms with Gasteiger partial charge >= 0.3 is 0 Å². The van der Waals surface area contributed by atoms with Gasteiger partial charge in [0.2, 0.25) is 11.8 Å². The van der Waals surface area contributed by atoms with Crippen LogP contribution in [0.2, 0.25) is 0 Å². The van der Waals surface area contributed by atoms with Crippen molar-refractivity contribution >= 4 is 33.4 Å². The summed E-state index contributed by atoms with van der Waals surface area (Å²) in [5.41, 5.74) is 2.87. The second-order valence-corrected chi connectivity index (χ2v) is 9.55. The minimum absolute atomic E-state index is 0.0193. The van der Waals surface area contributed by atoms with Gasteiger partial charge in [-0.1, -0.05) is 49.1 Å². The number of aromatic nitrogens is 2. The van der Waals surface area contributed by atoms with Crippen molar-refractivity contribution in [2.45, 2.75) is 64.5 Å². The SMILES string of the molecule is Cc1ccc(-c2csc3ncn(CCC(=O)NCCC(=O)NC4CCCCC4)c(=O)c23)cc1. The second-order valence-electron chi connectivity index (χ2n) is 8.69. The number of hydrogen-bond acceptors (Lipinski definition) is 5. The molecule has 8 heteroatoms. The van der Waals surface area contributed by atoms with E-state index in [0.29, 0.717) is 16.8 Å². The van der Waals surface area contributed by atoms with Crippen LogP contribution in [0, 0.1) is 6.92 Å². The molecule has 1 fully saturated rings. The number of fused-ring (bicyclic) bond motifs is 1. The molecule has 0 bridgehead atoms. The van der Waals surface area contributed by atoms with Crippen molar-refractivity contribution in [2.24, 2.45) is 0 Å². The first-order chi connectivity index (χ1) is 16.0. The van der Waals surface area contributed by atoms with Gasteiger partial charge < -0.3 is 10.6 Å². The molecule has 3 aromatic rings. The summed E-state index contributed by atoms with van der Waals surface area (Å²) in [7, 11) is 0. The van der Waals surface area contributed by atoms with E-state index in [2.05, 4.69) is 15.6 Å². The first-order valence-electron chi connectivity index (χ1n) is 11.6. The molecule has 2 heterocycles. The van der Waals surface area contributed by atoms with Gasteiger partial charge in [0, 0.05) is 42.9 Å². The van der Waals surface area contributed by atoms with Crippen molar-refractivity contribution in [2.75, 3.05) is 6.54 Å². The third kappa shape index (κ3) is 5.87. The third-order valence-corrected chi connectivity index (χ3v) is 7.03. The van der Waals surface area contributed by atoms with Gasteiger partial charge in [-0.3, -0.25) is 19.0 Å². The van der Waals surface area contributed by atoms with Crippen LogP contribution in [0.3, 0.4) is 0 Å². The fourth-order valence-electron chi connectivity index (χ4n) is 4.25. The van der Waals surface area contributed by atoms with Crippen molar-refractivity contribution in [1.29, 1.82) is 0 Å². The van der Waals surface area contributed by atoms with Crippen LogP contribution in [0.15, 0.2) is 40.8 Å². The fourth-order valence-corrected chi connectivity index (χ4v) is 5.15. The number of hydrogen-bond donors (Lipinski definition) is 2. The molecule has 33 heavy (non-hydrogen) atoms. The Labute approximate surface area is 197 Å². The zero-order valence-corrected chi connectivity index (χ0v) is 19.7. The maximum Gasteiger partial charge on any atom is 0.262 e. The summed E-state index contributed by atoms with van der Waals surface area (Å²) in [5.74, 6) is -0.203. The Morgan fingerprint density at radius 2 is 1.85 bits per heavy atom. The highest BCUT2D eigenvalue weighted by Gasteiger charge is 2.16. The molecule has 1 saturated carbocycles. The molecule has 2 aromatic heterocycles. The van der Waals surface area contributed by atoms with Crippen LogP contribution in [0.1, 0.15) is 50.5 Å². The molecule has 2 amide bonds.